The Morgan fingerprint density at radius 1 is 0.893 bits per heavy atom. The highest BCUT2D eigenvalue weighted by Gasteiger charge is 2.07. The molecule has 1 unspecified atom stereocenters. The molecule has 0 bridgehead atoms. The Hall–Kier alpha value is -1.95. The third-order valence-corrected chi connectivity index (χ3v) is 2.89. The maximum Gasteiger partial charge on any atom is 0.162 e. The van der Waals surface area contributed by atoms with E-state index in [-0.39, 0.29) is 5.82 Å². The van der Waals surface area contributed by atoms with E-state index in [0.29, 0.717) is 11.5 Å². The van der Waals surface area contributed by atoms with Crippen molar-refractivity contribution in [1.29, 1.82) is 0 Å². The van der Waals surface area contributed by atoms with Crippen molar-refractivity contribution in [2.45, 2.75) is 75.7 Å². The number of aromatic nitrogens is 4. The molecule has 1 atom stereocenters. The Balaban J connectivity index is -0.000000299. The van der Waals surface area contributed by atoms with E-state index in [1.807, 2.05) is 48.5 Å². The molecule has 0 amide bonds. The molecule has 0 aromatic carbocycles. The summed E-state index contributed by atoms with van der Waals surface area (Å²) in [6.07, 6.45) is 5.89. The van der Waals surface area contributed by atoms with Crippen molar-refractivity contribution in [2.24, 2.45) is 5.92 Å². The standard InChI is InChI=1S/C6H7FN2.C5H6N2.C5H10O.3C2H6/c1-4-6(7)3-8-5(2)9-4;1-5-6-3-2-4-7-5;1-5-2-3-6-4-5;3*1-2/h3H,1-2H3;2-4H,1H3;5H,2-4H2,1H3;3*1-2H3. The average molecular weight is 397 g/mol. The summed E-state index contributed by atoms with van der Waals surface area (Å²) < 4.78 is 17.4. The first-order valence-corrected chi connectivity index (χ1v) is 10.3. The van der Waals surface area contributed by atoms with E-state index < -0.39 is 0 Å². The second kappa shape index (κ2) is 23.1. The SMILES string of the molecule is CC.CC.CC.CC1CCOC1.Cc1ncc(F)c(C)n1.Cc1ncccn1. The average Bonchev–Trinajstić information content (AvgIpc) is 3.22. The summed E-state index contributed by atoms with van der Waals surface area (Å²) in [5.74, 6) is 1.90. The van der Waals surface area contributed by atoms with Crippen molar-refractivity contribution in [3.63, 3.8) is 0 Å². The van der Waals surface area contributed by atoms with Crippen molar-refractivity contribution in [3.05, 3.63) is 47.8 Å². The molecule has 28 heavy (non-hydrogen) atoms. The Morgan fingerprint density at radius 3 is 1.68 bits per heavy atom. The molecule has 0 spiro atoms. The normalized spacial score (nSPS) is 13.3. The van der Waals surface area contributed by atoms with Crippen LogP contribution >= 0.6 is 0 Å². The van der Waals surface area contributed by atoms with Gasteiger partial charge in [-0.1, -0.05) is 48.5 Å². The summed E-state index contributed by atoms with van der Waals surface area (Å²) in [6, 6.07) is 1.80. The monoisotopic (exact) mass is 396 g/mol. The van der Waals surface area contributed by atoms with Crippen LogP contribution in [0, 0.1) is 32.5 Å². The number of rotatable bonds is 0. The lowest BCUT2D eigenvalue weighted by Gasteiger charge is -1.93. The highest BCUT2D eigenvalue weighted by Crippen LogP contribution is 2.09. The van der Waals surface area contributed by atoms with Crippen LogP contribution in [0.4, 0.5) is 4.39 Å². The minimum Gasteiger partial charge on any atom is -0.381 e. The van der Waals surface area contributed by atoms with Gasteiger partial charge in [-0.05, 0) is 39.2 Å². The molecule has 6 heteroatoms. The van der Waals surface area contributed by atoms with Crippen LogP contribution in [0.1, 0.15) is 72.2 Å². The molecular weight excluding hydrogens is 355 g/mol. The summed E-state index contributed by atoms with van der Waals surface area (Å²) >= 11 is 0. The number of halogens is 1. The number of ether oxygens (including phenoxy) is 1. The van der Waals surface area contributed by atoms with Crippen LogP contribution in [-0.4, -0.2) is 33.1 Å². The van der Waals surface area contributed by atoms with E-state index in [4.69, 9.17) is 4.74 Å². The Labute approximate surface area is 172 Å². The van der Waals surface area contributed by atoms with E-state index in [0.717, 1.165) is 25.0 Å². The maximum atomic E-state index is 12.4. The molecule has 5 nitrogen and oxygen atoms in total. The summed E-state index contributed by atoms with van der Waals surface area (Å²) in [4.78, 5) is 15.2. The van der Waals surface area contributed by atoms with Gasteiger partial charge in [0.2, 0.25) is 0 Å². The second-order valence-electron chi connectivity index (χ2n) is 5.12. The van der Waals surface area contributed by atoms with Crippen LogP contribution in [0.25, 0.3) is 0 Å². The largest absolute Gasteiger partial charge is 0.381 e. The lowest BCUT2D eigenvalue weighted by molar-refractivity contribution is 0.188. The fourth-order valence-electron chi connectivity index (χ4n) is 1.59. The van der Waals surface area contributed by atoms with Gasteiger partial charge in [0.05, 0.1) is 11.9 Å². The Bertz CT molecular complexity index is 547. The fraction of sp³-hybridized carbons (Fsp3) is 0.636. The van der Waals surface area contributed by atoms with Crippen molar-refractivity contribution in [1.82, 2.24) is 19.9 Å². The summed E-state index contributed by atoms with van der Waals surface area (Å²) in [6.45, 7) is 21.4. The third-order valence-electron chi connectivity index (χ3n) is 2.89. The highest BCUT2D eigenvalue weighted by atomic mass is 19.1. The summed E-state index contributed by atoms with van der Waals surface area (Å²) in [5, 5.41) is 0. The van der Waals surface area contributed by atoms with Crippen LogP contribution in [0.3, 0.4) is 0 Å². The fourth-order valence-corrected chi connectivity index (χ4v) is 1.59. The number of hydrogen-bond donors (Lipinski definition) is 0. The molecule has 1 saturated heterocycles. The molecule has 3 heterocycles. The zero-order valence-electron chi connectivity index (χ0n) is 19.6. The molecule has 1 aliphatic heterocycles. The van der Waals surface area contributed by atoms with E-state index in [2.05, 4.69) is 26.9 Å². The van der Waals surface area contributed by atoms with Crippen molar-refractivity contribution < 1.29 is 9.13 Å². The van der Waals surface area contributed by atoms with Crippen molar-refractivity contribution >= 4 is 0 Å². The molecule has 2 aromatic heterocycles. The molecule has 2 aromatic rings. The maximum absolute atomic E-state index is 12.4. The molecule has 0 aliphatic carbocycles. The van der Waals surface area contributed by atoms with Gasteiger partial charge >= 0.3 is 0 Å². The van der Waals surface area contributed by atoms with Gasteiger partial charge in [-0.3, -0.25) is 0 Å². The van der Waals surface area contributed by atoms with Crippen LogP contribution < -0.4 is 0 Å². The predicted molar refractivity (Wildman–Crippen MR) is 117 cm³/mol. The highest BCUT2D eigenvalue weighted by molar-refractivity contribution is 5.01. The Morgan fingerprint density at radius 2 is 1.43 bits per heavy atom. The zero-order chi connectivity index (χ0) is 22.4. The number of aryl methyl sites for hydroxylation is 3. The van der Waals surface area contributed by atoms with Gasteiger partial charge in [0.15, 0.2) is 5.82 Å². The predicted octanol–water partition coefficient (Wildman–Crippen LogP) is 6.14. The van der Waals surface area contributed by atoms with E-state index >= 15 is 0 Å². The van der Waals surface area contributed by atoms with Crippen LogP contribution in [0.2, 0.25) is 0 Å². The molecule has 0 radical (unpaired) electrons. The van der Waals surface area contributed by atoms with Crippen LogP contribution in [-0.2, 0) is 4.74 Å². The van der Waals surface area contributed by atoms with Crippen LogP contribution in [0.15, 0.2) is 24.7 Å². The molecule has 1 fully saturated rings. The first kappa shape index (κ1) is 30.8. The molecule has 162 valence electrons. The van der Waals surface area contributed by atoms with E-state index in [9.17, 15) is 4.39 Å². The van der Waals surface area contributed by atoms with Gasteiger partial charge in [-0.15, -0.1) is 0 Å². The Kier molecular flexibility index (Phi) is 25.4. The first-order valence-electron chi connectivity index (χ1n) is 10.3. The molecule has 3 rings (SSSR count). The van der Waals surface area contributed by atoms with Gasteiger partial charge in [0.1, 0.15) is 11.6 Å². The second-order valence-corrected chi connectivity index (χ2v) is 5.12. The van der Waals surface area contributed by atoms with E-state index in [1.165, 1.54) is 12.6 Å². The smallest absolute Gasteiger partial charge is 0.162 e. The number of hydrogen-bond acceptors (Lipinski definition) is 5. The topological polar surface area (TPSA) is 60.8 Å². The van der Waals surface area contributed by atoms with E-state index in [1.54, 1.807) is 32.3 Å². The lowest BCUT2D eigenvalue weighted by Crippen LogP contribution is -1.93. The number of nitrogens with zero attached hydrogens (tertiary/aromatic N) is 4. The molecular formula is C22H41FN4O. The molecule has 0 N–H and O–H groups in total. The minimum atomic E-state index is -0.347. The quantitative estimate of drug-likeness (QED) is 0.535. The van der Waals surface area contributed by atoms with Gasteiger partial charge in [0, 0.05) is 25.6 Å². The van der Waals surface area contributed by atoms with Crippen molar-refractivity contribution in [2.75, 3.05) is 13.2 Å². The lowest BCUT2D eigenvalue weighted by atomic mass is 10.2. The van der Waals surface area contributed by atoms with Gasteiger partial charge in [0.25, 0.3) is 0 Å². The first-order chi connectivity index (χ1) is 13.5. The summed E-state index contributed by atoms with van der Waals surface area (Å²) in [7, 11) is 0. The summed E-state index contributed by atoms with van der Waals surface area (Å²) in [5.41, 5.74) is 0.405. The minimum absolute atomic E-state index is 0.347. The molecule has 0 saturated carbocycles. The van der Waals surface area contributed by atoms with Gasteiger partial charge < -0.3 is 4.74 Å². The van der Waals surface area contributed by atoms with Gasteiger partial charge in [-0.2, -0.15) is 0 Å². The van der Waals surface area contributed by atoms with Gasteiger partial charge in [-0.25, -0.2) is 24.3 Å². The van der Waals surface area contributed by atoms with Crippen LogP contribution in [0.5, 0.6) is 0 Å². The zero-order valence-corrected chi connectivity index (χ0v) is 19.6. The van der Waals surface area contributed by atoms with Crippen molar-refractivity contribution in [3.8, 4) is 0 Å². The molecule has 1 aliphatic rings. The third kappa shape index (κ3) is 18.8.